The summed E-state index contributed by atoms with van der Waals surface area (Å²) in [6, 6.07) is 18.2. The highest BCUT2D eigenvalue weighted by atomic mass is 35.5. The van der Waals surface area contributed by atoms with Crippen LogP contribution in [-0.2, 0) is 13.0 Å². The van der Waals surface area contributed by atoms with Crippen molar-refractivity contribution in [2.24, 2.45) is 0 Å². The second-order valence-corrected chi connectivity index (χ2v) is 5.67. The van der Waals surface area contributed by atoms with E-state index in [1.54, 1.807) is 0 Å². The van der Waals surface area contributed by atoms with Crippen LogP contribution in [0.3, 0.4) is 0 Å². The van der Waals surface area contributed by atoms with Crippen molar-refractivity contribution in [3.63, 3.8) is 0 Å². The van der Waals surface area contributed by atoms with E-state index in [0.29, 0.717) is 11.7 Å². The molecule has 2 aromatic carbocycles. The maximum atomic E-state index is 5.85. The molecule has 0 atom stereocenters. The van der Waals surface area contributed by atoms with Gasteiger partial charge in [-0.25, -0.2) is 0 Å². The maximum Gasteiger partial charge on any atom is 0.166 e. The fourth-order valence-electron chi connectivity index (χ4n) is 1.99. The first kappa shape index (κ1) is 15.8. The van der Waals surface area contributed by atoms with Gasteiger partial charge >= 0.3 is 0 Å². The molecule has 0 radical (unpaired) electrons. The van der Waals surface area contributed by atoms with Crippen LogP contribution >= 0.6 is 23.8 Å². The van der Waals surface area contributed by atoms with E-state index >= 15 is 0 Å². The van der Waals surface area contributed by atoms with Crippen molar-refractivity contribution in [1.29, 1.82) is 0 Å². The van der Waals surface area contributed by atoms with Crippen molar-refractivity contribution in [1.82, 2.24) is 10.6 Å². The number of halogens is 1. The van der Waals surface area contributed by atoms with E-state index in [9.17, 15) is 0 Å². The average Bonchev–Trinajstić information content (AvgIpc) is 2.52. The lowest BCUT2D eigenvalue weighted by atomic mass is 10.1. The summed E-state index contributed by atoms with van der Waals surface area (Å²) < 4.78 is 0. The van der Waals surface area contributed by atoms with Crippen LogP contribution in [0.2, 0.25) is 5.02 Å². The van der Waals surface area contributed by atoms with Crippen LogP contribution in [0, 0.1) is 0 Å². The van der Waals surface area contributed by atoms with Crippen LogP contribution in [0.25, 0.3) is 0 Å². The lowest BCUT2D eigenvalue weighted by Crippen LogP contribution is -2.35. The molecule has 0 amide bonds. The van der Waals surface area contributed by atoms with Gasteiger partial charge in [-0.05, 0) is 48.3 Å². The largest absolute Gasteiger partial charge is 0.363 e. The minimum absolute atomic E-state index is 0.693. The normalized spacial score (nSPS) is 10.1. The van der Waals surface area contributed by atoms with E-state index in [0.717, 1.165) is 30.0 Å². The summed E-state index contributed by atoms with van der Waals surface area (Å²) in [5.74, 6) is 0. The van der Waals surface area contributed by atoms with E-state index in [1.165, 1.54) is 5.56 Å². The van der Waals surface area contributed by atoms with Gasteiger partial charge in [-0.1, -0.05) is 54.1 Å². The SMILES string of the molecule is S=C(NCCCc1ccccc1)NCc1ccc(Cl)cc1. The molecule has 0 aliphatic rings. The van der Waals surface area contributed by atoms with Gasteiger partial charge in [0.2, 0.25) is 0 Å². The van der Waals surface area contributed by atoms with Gasteiger partial charge in [-0.3, -0.25) is 0 Å². The molecular formula is C17H19ClN2S. The van der Waals surface area contributed by atoms with Crippen molar-refractivity contribution in [2.45, 2.75) is 19.4 Å². The van der Waals surface area contributed by atoms with Crippen molar-refractivity contribution in [2.75, 3.05) is 6.54 Å². The van der Waals surface area contributed by atoms with Gasteiger partial charge in [0.1, 0.15) is 0 Å². The third-order valence-electron chi connectivity index (χ3n) is 3.14. The molecule has 110 valence electrons. The van der Waals surface area contributed by atoms with E-state index in [1.807, 2.05) is 30.3 Å². The molecule has 2 aromatic rings. The van der Waals surface area contributed by atoms with Crippen molar-refractivity contribution in [3.05, 3.63) is 70.7 Å². The zero-order valence-electron chi connectivity index (χ0n) is 11.8. The van der Waals surface area contributed by atoms with Crippen LogP contribution in [0.1, 0.15) is 17.5 Å². The number of nitrogens with one attached hydrogen (secondary N) is 2. The van der Waals surface area contributed by atoms with Crippen LogP contribution < -0.4 is 10.6 Å². The summed E-state index contributed by atoms with van der Waals surface area (Å²) in [5, 5.41) is 7.87. The molecule has 0 spiro atoms. The molecule has 2 N–H and O–H groups in total. The molecule has 0 saturated carbocycles. The molecule has 0 aliphatic carbocycles. The summed E-state index contributed by atoms with van der Waals surface area (Å²) in [5.41, 5.74) is 2.52. The molecule has 2 rings (SSSR count). The number of hydrogen-bond donors (Lipinski definition) is 2. The van der Waals surface area contributed by atoms with Gasteiger partial charge in [0.15, 0.2) is 5.11 Å². The Labute approximate surface area is 136 Å². The standard InChI is InChI=1S/C17H19ClN2S/c18-16-10-8-15(9-11-16)13-20-17(21)19-12-4-7-14-5-2-1-3-6-14/h1-3,5-6,8-11H,4,7,12-13H2,(H2,19,20,21). The summed E-state index contributed by atoms with van der Waals surface area (Å²) in [7, 11) is 0. The molecule has 0 saturated heterocycles. The Kier molecular flexibility index (Phi) is 6.51. The zero-order chi connectivity index (χ0) is 14.9. The molecule has 0 fully saturated rings. The maximum absolute atomic E-state index is 5.85. The molecule has 0 aromatic heterocycles. The quantitative estimate of drug-likeness (QED) is 0.623. The van der Waals surface area contributed by atoms with E-state index < -0.39 is 0 Å². The smallest absolute Gasteiger partial charge is 0.166 e. The van der Waals surface area contributed by atoms with Gasteiger partial charge in [0, 0.05) is 18.1 Å². The lowest BCUT2D eigenvalue weighted by molar-refractivity contribution is 0.754. The van der Waals surface area contributed by atoms with E-state index in [4.69, 9.17) is 23.8 Å². The molecule has 0 unspecified atom stereocenters. The van der Waals surface area contributed by atoms with Crippen LogP contribution in [0.15, 0.2) is 54.6 Å². The number of thiocarbonyl (C=S) groups is 1. The molecule has 21 heavy (non-hydrogen) atoms. The Morgan fingerprint density at radius 2 is 1.62 bits per heavy atom. The third kappa shape index (κ3) is 6.15. The first-order chi connectivity index (χ1) is 10.2. The topological polar surface area (TPSA) is 24.1 Å². The van der Waals surface area contributed by atoms with Crippen molar-refractivity contribution < 1.29 is 0 Å². The van der Waals surface area contributed by atoms with Crippen LogP contribution in [0.4, 0.5) is 0 Å². The summed E-state index contributed by atoms with van der Waals surface area (Å²) in [6.07, 6.45) is 2.13. The average molecular weight is 319 g/mol. The van der Waals surface area contributed by atoms with E-state index in [-0.39, 0.29) is 0 Å². The predicted molar refractivity (Wildman–Crippen MR) is 93.7 cm³/mol. The predicted octanol–water partition coefficient (Wildman–Crippen LogP) is 3.94. The van der Waals surface area contributed by atoms with Gasteiger partial charge in [-0.2, -0.15) is 0 Å². The highest BCUT2D eigenvalue weighted by Crippen LogP contribution is 2.09. The van der Waals surface area contributed by atoms with Gasteiger partial charge in [0.25, 0.3) is 0 Å². The number of rotatable bonds is 6. The molecule has 0 heterocycles. The van der Waals surface area contributed by atoms with Crippen LogP contribution in [-0.4, -0.2) is 11.7 Å². The third-order valence-corrected chi connectivity index (χ3v) is 3.68. The minimum Gasteiger partial charge on any atom is -0.363 e. The highest BCUT2D eigenvalue weighted by molar-refractivity contribution is 7.80. The minimum atomic E-state index is 0.693. The van der Waals surface area contributed by atoms with Gasteiger partial charge < -0.3 is 10.6 Å². The monoisotopic (exact) mass is 318 g/mol. The lowest BCUT2D eigenvalue weighted by Gasteiger charge is -2.10. The van der Waals surface area contributed by atoms with E-state index in [2.05, 4.69) is 34.9 Å². The zero-order valence-corrected chi connectivity index (χ0v) is 13.4. The van der Waals surface area contributed by atoms with Crippen LogP contribution in [0.5, 0.6) is 0 Å². The highest BCUT2D eigenvalue weighted by Gasteiger charge is 1.97. The first-order valence-corrected chi connectivity index (χ1v) is 7.83. The van der Waals surface area contributed by atoms with Gasteiger partial charge in [0.05, 0.1) is 0 Å². The summed E-state index contributed by atoms with van der Waals surface area (Å²) in [6.45, 7) is 1.59. The Bertz CT molecular complexity index is 555. The number of aryl methyl sites for hydroxylation is 1. The Morgan fingerprint density at radius 1 is 0.905 bits per heavy atom. The summed E-state index contributed by atoms with van der Waals surface area (Å²) in [4.78, 5) is 0. The second-order valence-electron chi connectivity index (χ2n) is 4.83. The molecule has 4 heteroatoms. The van der Waals surface area contributed by atoms with Gasteiger partial charge in [-0.15, -0.1) is 0 Å². The Balaban J connectivity index is 1.60. The fraction of sp³-hybridized carbons (Fsp3) is 0.235. The first-order valence-electron chi connectivity index (χ1n) is 7.04. The van der Waals surface area contributed by atoms with Crippen molar-refractivity contribution >= 4 is 28.9 Å². The molecular weight excluding hydrogens is 300 g/mol. The second kappa shape index (κ2) is 8.65. The van der Waals surface area contributed by atoms with Crippen molar-refractivity contribution in [3.8, 4) is 0 Å². The molecule has 0 aliphatic heterocycles. The number of hydrogen-bond acceptors (Lipinski definition) is 1. The molecule has 0 bridgehead atoms. The fourth-order valence-corrected chi connectivity index (χ4v) is 2.29. The Hall–Kier alpha value is -1.58. The summed E-state index contributed by atoms with van der Waals surface area (Å²) >= 11 is 11.1. The molecule has 2 nitrogen and oxygen atoms in total. The Morgan fingerprint density at radius 3 is 2.33 bits per heavy atom. The number of benzene rings is 2.